The maximum Gasteiger partial charge on any atom is 0.253 e. The minimum absolute atomic E-state index is 0.0390. The Morgan fingerprint density at radius 3 is 2.64 bits per heavy atom. The fraction of sp³-hybridized carbons (Fsp3) is 0.222. The maximum atomic E-state index is 13.1. The normalized spacial score (nSPS) is 13.2. The van der Waals surface area contributed by atoms with E-state index in [9.17, 15) is 14.0 Å². The molecular formula is C18H17ClFN3O2. The molecule has 2 amide bonds. The van der Waals surface area contributed by atoms with E-state index >= 15 is 0 Å². The van der Waals surface area contributed by atoms with Crippen molar-refractivity contribution in [3.8, 4) is 0 Å². The number of hydrogen-bond donors (Lipinski definition) is 3. The molecule has 5 nitrogen and oxygen atoms in total. The minimum Gasteiger partial charge on any atom is -0.376 e. The van der Waals surface area contributed by atoms with Gasteiger partial charge in [0, 0.05) is 17.4 Å². The summed E-state index contributed by atoms with van der Waals surface area (Å²) in [7, 11) is 0. The molecule has 0 saturated heterocycles. The van der Waals surface area contributed by atoms with Crippen molar-refractivity contribution >= 4 is 34.8 Å². The number of benzene rings is 2. The van der Waals surface area contributed by atoms with E-state index < -0.39 is 5.82 Å². The van der Waals surface area contributed by atoms with E-state index in [2.05, 4.69) is 16.0 Å². The highest BCUT2D eigenvalue weighted by Gasteiger charge is 2.24. The lowest BCUT2D eigenvalue weighted by Gasteiger charge is -2.12. The average molecular weight is 362 g/mol. The molecule has 25 heavy (non-hydrogen) atoms. The van der Waals surface area contributed by atoms with Crippen LogP contribution in [0.2, 0.25) is 5.02 Å². The summed E-state index contributed by atoms with van der Waals surface area (Å²) in [5.74, 6) is -1.04. The molecule has 2 aromatic rings. The first-order valence-corrected chi connectivity index (χ1v) is 8.29. The zero-order valence-electron chi connectivity index (χ0n) is 13.3. The van der Waals surface area contributed by atoms with Crippen molar-refractivity contribution in [2.24, 2.45) is 0 Å². The van der Waals surface area contributed by atoms with Crippen molar-refractivity contribution in [3.63, 3.8) is 0 Å². The Bertz CT molecular complexity index is 809. The third kappa shape index (κ3) is 4.70. The van der Waals surface area contributed by atoms with Gasteiger partial charge in [-0.25, -0.2) is 4.39 Å². The van der Waals surface area contributed by atoms with Gasteiger partial charge >= 0.3 is 0 Å². The van der Waals surface area contributed by atoms with Gasteiger partial charge in [-0.2, -0.15) is 0 Å². The van der Waals surface area contributed by atoms with Crippen LogP contribution < -0.4 is 16.0 Å². The fourth-order valence-electron chi connectivity index (χ4n) is 2.28. The molecule has 3 rings (SSSR count). The summed E-state index contributed by atoms with van der Waals surface area (Å²) in [6.45, 7) is -0.0390. The smallest absolute Gasteiger partial charge is 0.253 e. The molecule has 0 heterocycles. The van der Waals surface area contributed by atoms with Crippen LogP contribution in [-0.2, 0) is 4.79 Å². The van der Waals surface area contributed by atoms with Crippen molar-refractivity contribution in [1.29, 1.82) is 0 Å². The first-order valence-electron chi connectivity index (χ1n) is 7.91. The first kappa shape index (κ1) is 17.2. The van der Waals surface area contributed by atoms with Gasteiger partial charge in [0.25, 0.3) is 5.91 Å². The second-order valence-electron chi connectivity index (χ2n) is 5.82. The molecule has 1 saturated carbocycles. The highest BCUT2D eigenvalue weighted by molar-refractivity contribution is 6.31. The molecule has 0 atom stereocenters. The Morgan fingerprint density at radius 1 is 1.16 bits per heavy atom. The molecule has 0 bridgehead atoms. The summed E-state index contributed by atoms with van der Waals surface area (Å²) in [6.07, 6.45) is 2.01. The Morgan fingerprint density at radius 2 is 1.92 bits per heavy atom. The average Bonchev–Trinajstić information content (AvgIpc) is 3.40. The lowest BCUT2D eigenvalue weighted by Crippen LogP contribution is -2.27. The molecule has 2 aromatic carbocycles. The summed E-state index contributed by atoms with van der Waals surface area (Å²) in [4.78, 5) is 24.3. The number of carbonyl (C=O) groups excluding carboxylic acids is 2. The van der Waals surface area contributed by atoms with Gasteiger partial charge in [-0.05, 0) is 43.2 Å². The quantitative estimate of drug-likeness (QED) is 0.738. The van der Waals surface area contributed by atoms with E-state index in [1.807, 2.05) is 0 Å². The molecule has 0 spiro atoms. The van der Waals surface area contributed by atoms with Gasteiger partial charge in [0.15, 0.2) is 0 Å². The van der Waals surface area contributed by atoms with Gasteiger partial charge in [-0.3, -0.25) is 9.59 Å². The second kappa shape index (κ2) is 7.53. The molecule has 1 fully saturated rings. The van der Waals surface area contributed by atoms with Crippen molar-refractivity contribution < 1.29 is 14.0 Å². The molecule has 0 radical (unpaired) electrons. The van der Waals surface area contributed by atoms with Crippen molar-refractivity contribution in [2.45, 2.75) is 18.9 Å². The summed E-state index contributed by atoms with van der Waals surface area (Å²) in [6, 6.07) is 11.2. The molecule has 0 aromatic heterocycles. The van der Waals surface area contributed by atoms with Crippen molar-refractivity contribution in [3.05, 3.63) is 58.9 Å². The van der Waals surface area contributed by atoms with Gasteiger partial charge in [0.1, 0.15) is 5.82 Å². The molecule has 7 heteroatoms. The van der Waals surface area contributed by atoms with E-state index in [-0.39, 0.29) is 29.4 Å². The molecule has 130 valence electrons. The SMILES string of the molecule is O=C(CNc1ccccc1C(=O)NC1CC1)Nc1ccc(F)c(Cl)c1. The predicted octanol–water partition coefficient (Wildman–Crippen LogP) is 3.42. The molecule has 1 aliphatic carbocycles. The van der Waals surface area contributed by atoms with Crippen molar-refractivity contribution in [2.75, 3.05) is 17.2 Å². The lowest BCUT2D eigenvalue weighted by molar-refractivity contribution is -0.114. The van der Waals surface area contributed by atoms with E-state index in [1.54, 1.807) is 24.3 Å². The Hall–Kier alpha value is -2.60. The first-order chi connectivity index (χ1) is 12.0. The number of carbonyl (C=O) groups is 2. The number of hydrogen-bond acceptors (Lipinski definition) is 3. The van der Waals surface area contributed by atoms with E-state index in [1.165, 1.54) is 18.2 Å². The van der Waals surface area contributed by atoms with Crippen molar-refractivity contribution in [1.82, 2.24) is 5.32 Å². The minimum atomic E-state index is -0.548. The molecule has 3 N–H and O–H groups in total. The number of amides is 2. The van der Waals surface area contributed by atoms with Crippen LogP contribution in [0.1, 0.15) is 23.2 Å². The monoisotopic (exact) mass is 361 g/mol. The second-order valence-corrected chi connectivity index (χ2v) is 6.23. The Kier molecular flexibility index (Phi) is 5.19. The Balaban J connectivity index is 1.59. The van der Waals surface area contributed by atoms with Crippen LogP contribution in [0.3, 0.4) is 0 Å². The van der Waals surface area contributed by atoms with Crippen LogP contribution in [-0.4, -0.2) is 24.4 Å². The predicted molar refractivity (Wildman–Crippen MR) is 95.5 cm³/mol. The number of rotatable bonds is 6. The molecule has 1 aliphatic rings. The third-order valence-electron chi connectivity index (χ3n) is 3.73. The number of halogens is 2. The fourth-order valence-corrected chi connectivity index (χ4v) is 2.46. The van der Waals surface area contributed by atoms with E-state index in [4.69, 9.17) is 11.6 Å². The van der Waals surface area contributed by atoms with Crippen LogP contribution in [0.5, 0.6) is 0 Å². The van der Waals surface area contributed by atoms with Crippen LogP contribution in [0.4, 0.5) is 15.8 Å². The number of anilines is 2. The van der Waals surface area contributed by atoms with Gasteiger partial charge in [0.05, 0.1) is 17.1 Å². The number of para-hydroxylation sites is 1. The van der Waals surface area contributed by atoms with Crippen LogP contribution in [0.25, 0.3) is 0 Å². The van der Waals surface area contributed by atoms with E-state index in [0.29, 0.717) is 16.9 Å². The van der Waals surface area contributed by atoms with Gasteiger partial charge in [0.2, 0.25) is 5.91 Å². The van der Waals surface area contributed by atoms with Gasteiger partial charge in [-0.1, -0.05) is 23.7 Å². The van der Waals surface area contributed by atoms with Crippen LogP contribution >= 0.6 is 11.6 Å². The summed E-state index contributed by atoms with van der Waals surface area (Å²) < 4.78 is 13.1. The highest BCUT2D eigenvalue weighted by atomic mass is 35.5. The molecule has 0 unspecified atom stereocenters. The zero-order chi connectivity index (χ0) is 17.8. The third-order valence-corrected chi connectivity index (χ3v) is 4.02. The van der Waals surface area contributed by atoms with Crippen LogP contribution in [0.15, 0.2) is 42.5 Å². The number of nitrogens with one attached hydrogen (secondary N) is 3. The largest absolute Gasteiger partial charge is 0.376 e. The van der Waals surface area contributed by atoms with E-state index in [0.717, 1.165) is 12.8 Å². The lowest BCUT2D eigenvalue weighted by atomic mass is 10.1. The maximum absolute atomic E-state index is 13.1. The molecule has 0 aliphatic heterocycles. The topological polar surface area (TPSA) is 70.2 Å². The van der Waals surface area contributed by atoms with Gasteiger partial charge in [-0.15, -0.1) is 0 Å². The molecular weight excluding hydrogens is 345 g/mol. The standard InChI is InChI=1S/C18H17ClFN3O2/c19-14-9-12(7-8-15(14)20)22-17(24)10-21-16-4-2-1-3-13(16)18(25)23-11-5-6-11/h1-4,7-9,11,21H,5-6,10H2,(H,22,24)(H,23,25). The summed E-state index contributed by atoms with van der Waals surface area (Å²) >= 11 is 5.69. The van der Waals surface area contributed by atoms with Crippen LogP contribution in [0, 0.1) is 5.82 Å². The Labute approximate surface area is 149 Å². The highest BCUT2D eigenvalue weighted by Crippen LogP contribution is 2.22. The summed E-state index contributed by atoms with van der Waals surface area (Å²) in [5, 5.41) is 8.43. The van der Waals surface area contributed by atoms with Gasteiger partial charge < -0.3 is 16.0 Å². The zero-order valence-corrected chi connectivity index (χ0v) is 14.1. The summed E-state index contributed by atoms with van der Waals surface area (Å²) in [5.41, 5.74) is 1.47.